The summed E-state index contributed by atoms with van der Waals surface area (Å²) < 4.78 is 1.65. The molecule has 0 aliphatic rings. The van der Waals surface area contributed by atoms with Crippen LogP contribution in [0.2, 0.25) is 0 Å². The molecule has 0 fully saturated rings. The number of nitrogens with zero attached hydrogens (tertiary/aromatic N) is 3. The molecule has 0 unspecified atom stereocenters. The summed E-state index contributed by atoms with van der Waals surface area (Å²) in [5.74, 6) is 0.383. The fourth-order valence-corrected chi connectivity index (χ4v) is 2.11. The minimum absolute atomic E-state index is 0.00958. The van der Waals surface area contributed by atoms with Gasteiger partial charge in [-0.3, -0.25) is 9.48 Å². The van der Waals surface area contributed by atoms with Gasteiger partial charge in [0.1, 0.15) is 5.69 Å². The van der Waals surface area contributed by atoms with Crippen LogP contribution < -0.4 is 5.73 Å². The Kier molecular flexibility index (Phi) is 6.13. The summed E-state index contributed by atoms with van der Waals surface area (Å²) in [6.45, 7) is 7.44. The molecule has 0 aromatic carbocycles. The summed E-state index contributed by atoms with van der Waals surface area (Å²) in [5, 5.41) is 4.33. The second kappa shape index (κ2) is 7.38. The lowest BCUT2D eigenvalue weighted by Gasteiger charge is -2.24. The number of hydrogen-bond acceptors (Lipinski definition) is 3. The first kappa shape index (κ1) is 16.6. The molecule has 0 radical (unpaired) electrons. The quantitative estimate of drug-likeness (QED) is 0.779. The van der Waals surface area contributed by atoms with E-state index < -0.39 is 0 Å². The molecule has 5 nitrogen and oxygen atoms in total. The Morgan fingerprint density at radius 3 is 2.65 bits per heavy atom. The van der Waals surface area contributed by atoms with Crippen molar-refractivity contribution >= 4 is 23.1 Å². The zero-order valence-corrected chi connectivity index (χ0v) is 13.5. The molecular weight excluding hydrogens is 272 g/mol. The number of rotatable bonds is 7. The number of carbonyl (C=O) groups is 1. The van der Waals surface area contributed by atoms with Gasteiger partial charge in [-0.05, 0) is 18.4 Å². The van der Waals surface area contributed by atoms with Gasteiger partial charge in [-0.15, -0.1) is 0 Å². The summed E-state index contributed by atoms with van der Waals surface area (Å²) in [6.07, 6.45) is 1.37. The number of carbonyl (C=O) groups excluding carboxylic acids is 1. The van der Waals surface area contributed by atoms with Gasteiger partial charge < -0.3 is 10.6 Å². The maximum atomic E-state index is 12.6. The molecule has 1 aromatic heterocycles. The predicted octanol–water partition coefficient (Wildman–Crippen LogP) is 1.76. The van der Waals surface area contributed by atoms with Crippen LogP contribution in [0.15, 0.2) is 6.07 Å². The van der Waals surface area contributed by atoms with Crippen LogP contribution in [0.1, 0.15) is 43.4 Å². The molecule has 2 N–H and O–H groups in total. The van der Waals surface area contributed by atoms with E-state index >= 15 is 0 Å². The second-order valence-corrected chi connectivity index (χ2v) is 5.88. The van der Waals surface area contributed by atoms with E-state index in [4.69, 9.17) is 18.0 Å². The highest BCUT2D eigenvalue weighted by Crippen LogP contribution is 2.10. The molecule has 6 heteroatoms. The summed E-state index contributed by atoms with van der Waals surface area (Å²) in [7, 11) is 1.80. The monoisotopic (exact) mass is 296 g/mol. The molecule has 112 valence electrons. The third-order valence-electron chi connectivity index (χ3n) is 3.01. The molecule has 20 heavy (non-hydrogen) atoms. The number of aryl methyl sites for hydroxylation is 2. The Hall–Kier alpha value is -1.43. The van der Waals surface area contributed by atoms with Crippen molar-refractivity contribution in [1.29, 1.82) is 0 Å². The number of nitrogens with two attached hydrogens (primary N) is 1. The van der Waals surface area contributed by atoms with Crippen molar-refractivity contribution in [2.24, 2.45) is 18.7 Å². The van der Waals surface area contributed by atoms with Crippen molar-refractivity contribution in [2.45, 2.75) is 33.6 Å². The number of hydrogen-bond donors (Lipinski definition) is 1. The van der Waals surface area contributed by atoms with E-state index in [9.17, 15) is 4.79 Å². The highest BCUT2D eigenvalue weighted by molar-refractivity contribution is 7.80. The largest absolute Gasteiger partial charge is 0.393 e. The fraction of sp³-hybridized carbons (Fsp3) is 0.643. The molecule has 1 aromatic rings. The lowest BCUT2D eigenvalue weighted by Crippen LogP contribution is -2.37. The van der Waals surface area contributed by atoms with Crippen LogP contribution in [-0.2, 0) is 13.5 Å². The van der Waals surface area contributed by atoms with Gasteiger partial charge in [0.2, 0.25) is 0 Å². The molecule has 0 spiro atoms. The van der Waals surface area contributed by atoms with Crippen molar-refractivity contribution < 1.29 is 4.79 Å². The fourth-order valence-electron chi connectivity index (χ4n) is 2.02. The summed E-state index contributed by atoms with van der Waals surface area (Å²) in [4.78, 5) is 14.9. The van der Waals surface area contributed by atoms with Crippen LogP contribution >= 0.6 is 12.2 Å². The van der Waals surface area contributed by atoms with Gasteiger partial charge in [-0.25, -0.2) is 0 Å². The van der Waals surface area contributed by atoms with Crippen molar-refractivity contribution in [3.8, 4) is 0 Å². The van der Waals surface area contributed by atoms with Gasteiger partial charge >= 0.3 is 0 Å². The number of amides is 1. The molecule has 0 atom stereocenters. The third kappa shape index (κ3) is 4.59. The van der Waals surface area contributed by atoms with Gasteiger partial charge in [0.15, 0.2) is 0 Å². The summed E-state index contributed by atoms with van der Waals surface area (Å²) in [6, 6.07) is 1.86. The molecule has 0 saturated carbocycles. The molecule has 0 aliphatic heterocycles. The Morgan fingerprint density at radius 1 is 1.55 bits per heavy atom. The molecule has 1 amide bonds. The van der Waals surface area contributed by atoms with Gasteiger partial charge in [-0.2, -0.15) is 5.10 Å². The normalized spacial score (nSPS) is 10.8. The van der Waals surface area contributed by atoms with E-state index in [1.54, 1.807) is 16.6 Å². The molecule has 0 saturated heterocycles. The van der Waals surface area contributed by atoms with E-state index in [0.29, 0.717) is 36.1 Å². The van der Waals surface area contributed by atoms with Gasteiger partial charge in [0, 0.05) is 26.6 Å². The topological polar surface area (TPSA) is 64.2 Å². The van der Waals surface area contributed by atoms with Crippen LogP contribution in [0.4, 0.5) is 0 Å². The van der Waals surface area contributed by atoms with Crippen LogP contribution in [0.5, 0.6) is 0 Å². The summed E-state index contributed by atoms with van der Waals surface area (Å²) in [5.41, 5.74) is 7.08. The molecule has 0 bridgehead atoms. The van der Waals surface area contributed by atoms with Crippen molar-refractivity contribution in [3.05, 3.63) is 17.5 Å². The number of aromatic nitrogens is 2. The van der Waals surface area contributed by atoms with Crippen LogP contribution in [0.25, 0.3) is 0 Å². The van der Waals surface area contributed by atoms with Crippen LogP contribution in [0.3, 0.4) is 0 Å². The van der Waals surface area contributed by atoms with E-state index in [-0.39, 0.29) is 5.91 Å². The zero-order valence-electron chi connectivity index (χ0n) is 12.7. The second-order valence-electron chi connectivity index (χ2n) is 5.36. The van der Waals surface area contributed by atoms with Gasteiger partial charge in [0.25, 0.3) is 5.91 Å². The van der Waals surface area contributed by atoms with E-state index in [1.807, 2.05) is 13.0 Å². The first-order valence-electron chi connectivity index (χ1n) is 6.95. The lowest BCUT2D eigenvalue weighted by molar-refractivity contribution is 0.0730. The van der Waals surface area contributed by atoms with Crippen LogP contribution in [0, 0.1) is 5.92 Å². The minimum atomic E-state index is -0.00958. The Balaban J connectivity index is 2.90. The summed E-state index contributed by atoms with van der Waals surface area (Å²) >= 11 is 4.90. The Morgan fingerprint density at radius 2 is 2.20 bits per heavy atom. The standard InChI is InChI=1S/C14H24N4OS/c1-5-11-8-12(17(4)16-11)14(19)18(9-10(2)3)7-6-13(15)20/h8,10H,5-7,9H2,1-4H3,(H2,15,20). The van der Waals surface area contributed by atoms with Crippen molar-refractivity contribution in [2.75, 3.05) is 13.1 Å². The van der Waals surface area contributed by atoms with Crippen molar-refractivity contribution in [1.82, 2.24) is 14.7 Å². The van der Waals surface area contributed by atoms with Crippen LogP contribution in [-0.4, -0.2) is 38.7 Å². The van der Waals surface area contributed by atoms with E-state index in [0.717, 1.165) is 12.1 Å². The van der Waals surface area contributed by atoms with Crippen molar-refractivity contribution in [3.63, 3.8) is 0 Å². The molecule has 0 aliphatic carbocycles. The Labute approximate surface area is 126 Å². The Bertz CT molecular complexity index is 482. The average molecular weight is 296 g/mol. The van der Waals surface area contributed by atoms with Gasteiger partial charge in [-0.1, -0.05) is 33.0 Å². The highest BCUT2D eigenvalue weighted by atomic mass is 32.1. The third-order valence-corrected chi connectivity index (χ3v) is 3.22. The highest BCUT2D eigenvalue weighted by Gasteiger charge is 2.20. The van der Waals surface area contributed by atoms with E-state index in [1.165, 1.54) is 0 Å². The lowest BCUT2D eigenvalue weighted by atomic mass is 10.2. The average Bonchev–Trinajstić information content (AvgIpc) is 2.74. The predicted molar refractivity (Wildman–Crippen MR) is 84.7 cm³/mol. The first-order valence-corrected chi connectivity index (χ1v) is 7.36. The first-order chi connectivity index (χ1) is 9.35. The zero-order chi connectivity index (χ0) is 15.3. The molecule has 1 heterocycles. The maximum absolute atomic E-state index is 12.6. The smallest absolute Gasteiger partial charge is 0.272 e. The van der Waals surface area contributed by atoms with Gasteiger partial charge in [0.05, 0.1) is 10.7 Å². The number of thiocarbonyl (C=S) groups is 1. The van der Waals surface area contributed by atoms with E-state index in [2.05, 4.69) is 18.9 Å². The molecule has 1 rings (SSSR count). The maximum Gasteiger partial charge on any atom is 0.272 e. The minimum Gasteiger partial charge on any atom is -0.393 e. The molecular formula is C14H24N4OS. The SMILES string of the molecule is CCc1cc(C(=O)N(CCC(N)=S)CC(C)C)n(C)n1.